The third-order valence-electron chi connectivity index (χ3n) is 8.71. The zero-order valence-corrected chi connectivity index (χ0v) is 38.1. The maximum absolute atomic E-state index is 11.8. The van der Waals surface area contributed by atoms with E-state index in [4.69, 9.17) is 47.7 Å². The van der Waals surface area contributed by atoms with Crippen molar-refractivity contribution in [3.63, 3.8) is 0 Å². The minimum Gasteiger partial charge on any atom is -0.396 e. The van der Waals surface area contributed by atoms with Crippen LogP contribution in [0.25, 0.3) is 33.8 Å². The van der Waals surface area contributed by atoms with Crippen molar-refractivity contribution in [3.8, 4) is 33.8 Å². The van der Waals surface area contributed by atoms with Crippen LogP contribution in [0.2, 0.25) is 0 Å². The summed E-state index contributed by atoms with van der Waals surface area (Å²) in [5.74, 6) is 1.34. The van der Waals surface area contributed by atoms with E-state index in [1.54, 1.807) is 12.4 Å². The summed E-state index contributed by atoms with van der Waals surface area (Å²) in [5.41, 5.74) is 25.9. The van der Waals surface area contributed by atoms with Crippen LogP contribution in [-0.2, 0) is 53.0 Å². The molecule has 8 N–H and O–H groups in total. The molecule has 1 atom stereocenters. The minimum atomic E-state index is -3.40. The Morgan fingerprint density at radius 2 is 1.18 bits per heavy atom. The number of nitrogens with two attached hydrogens (primary N) is 3. The number of fused-ring (bicyclic) bond motifs is 3. The molecular formula is C41H53Cl2N9O8P2. The molecule has 1 aliphatic heterocycles. The molecule has 0 spiro atoms. The number of halogens is 2. The van der Waals surface area contributed by atoms with Gasteiger partial charge in [0.2, 0.25) is 11.9 Å². The zero-order valence-electron chi connectivity index (χ0n) is 34.8. The second-order valence-corrected chi connectivity index (χ2v) is 17.5. The second kappa shape index (κ2) is 26.5. The van der Waals surface area contributed by atoms with Crippen LogP contribution in [0.1, 0.15) is 16.7 Å². The maximum Gasteiger partial charge on any atom is 0.423 e. The van der Waals surface area contributed by atoms with Crippen molar-refractivity contribution in [2.24, 2.45) is 0 Å². The van der Waals surface area contributed by atoms with E-state index < -0.39 is 20.9 Å². The number of nitrogen functional groups attached to an aromatic ring is 3. The van der Waals surface area contributed by atoms with Crippen LogP contribution in [0.3, 0.4) is 0 Å². The molecule has 17 nitrogen and oxygen atoms in total. The van der Waals surface area contributed by atoms with Gasteiger partial charge in [0, 0.05) is 56.7 Å². The van der Waals surface area contributed by atoms with Gasteiger partial charge in [0.05, 0.1) is 48.3 Å². The summed E-state index contributed by atoms with van der Waals surface area (Å²) in [7, 11) is 0.283. The number of hydrogen-bond donors (Lipinski definition) is 5. The number of aliphatic hydroxyl groups is 2. The molecule has 1 aliphatic rings. The van der Waals surface area contributed by atoms with Crippen LogP contribution in [-0.4, -0.2) is 76.0 Å². The molecule has 4 heterocycles. The fraction of sp³-hybridized carbons (Fsp3) is 0.244. The van der Waals surface area contributed by atoms with Gasteiger partial charge < -0.3 is 52.9 Å². The summed E-state index contributed by atoms with van der Waals surface area (Å²) < 4.78 is 42.5. The highest BCUT2D eigenvalue weighted by atomic mass is 35.7. The third kappa shape index (κ3) is 16.1. The standard InChI is InChI=1S/C14H18N3O4P.C12H13N3O.C12H12N3.C2H6ClO3P.CH3.ClH/c1-20-22(19,10-18)21-7-6-11-4-2-3-5-12(11)13-8-17-14(15)9-16-13;13-12-8-14-11(7-15-12)10-4-2-1-3-9(10)5-6-16;13-12-8-15-6-5-9-3-1-2-4-10(9)11(15)7-14-12;1-5-7(3,4)6-2;;/h2-5,8-9,18H,6-7,10H2,1H3,(H2,15,17);1-4,7-8,16H,5-6H2,(H2,13,15);1-4,7-8H,5-6H2,(H2,13,14);1-2H3;1H3;1H/q;;+1;;-1;. The maximum atomic E-state index is 11.8. The Labute approximate surface area is 373 Å². The highest BCUT2D eigenvalue weighted by molar-refractivity contribution is 7.81. The normalized spacial score (nSPS) is 12.0. The summed E-state index contributed by atoms with van der Waals surface area (Å²) in [6.45, 7) is -1.91. The van der Waals surface area contributed by atoms with Crippen molar-refractivity contribution in [2.45, 2.75) is 25.8 Å². The monoisotopic (exact) mass is 931 g/mol. The number of hydrogen-bond acceptors (Lipinski definition) is 16. The number of aryl methyl sites for hydroxylation is 2. The van der Waals surface area contributed by atoms with Gasteiger partial charge in [-0.05, 0) is 35.6 Å². The largest absolute Gasteiger partial charge is 0.423 e. The molecule has 0 saturated heterocycles. The SMILES string of the molecule is COP(=O)(CO)OCCc1ccccc1-c1cnc(N)cn1.COP(=O)(Cl)OC.Cl.Nc1c[n+]2c(cn1)-c1ccccc1CC2.Nc1cnc(-c2ccccc2CCO)cn1.[CH3-]. The van der Waals surface area contributed by atoms with Crippen molar-refractivity contribution < 1.29 is 42.0 Å². The lowest BCUT2D eigenvalue weighted by Crippen LogP contribution is -2.40. The summed E-state index contributed by atoms with van der Waals surface area (Å²) in [6, 6.07) is 23.9. The smallest absolute Gasteiger partial charge is 0.396 e. The van der Waals surface area contributed by atoms with E-state index in [9.17, 15) is 9.13 Å². The first kappa shape index (κ1) is 53.2. The molecule has 0 saturated carbocycles. The Bertz CT molecular complexity index is 2350. The fourth-order valence-corrected chi connectivity index (χ4v) is 6.50. The van der Waals surface area contributed by atoms with Gasteiger partial charge in [-0.1, -0.05) is 66.7 Å². The number of benzene rings is 3. The number of nitrogens with zero attached hydrogens (tertiary/aromatic N) is 6. The minimum absolute atomic E-state index is 0. The van der Waals surface area contributed by atoms with Crippen LogP contribution in [0.4, 0.5) is 17.5 Å². The van der Waals surface area contributed by atoms with Crippen molar-refractivity contribution >= 4 is 55.6 Å². The molecule has 1 unspecified atom stereocenters. The van der Waals surface area contributed by atoms with Crippen LogP contribution in [0.5, 0.6) is 0 Å². The van der Waals surface area contributed by atoms with E-state index in [0.717, 1.165) is 46.6 Å². The highest BCUT2D eigenvalue weighted by Crippen LogP contribution is 2.51. The van der Waals surface area contributed by atoms with Gasteiger partial charge in [-0.3, -0.25) is 14.5 Å². The highest BCUT2D eigenvalue weighted by Gasteiger charge is 2.23. The van der Waals surface area contributed by atoms with E-state index in [1.165, 1.54) is 44.8 Å². The zero-order chi connectivity index (χ0) is 43.5. The molecule has 0 bridgehead atoms. The number of aliphatic hydroxyl groups excluding tert-OH is 2. The molecule has 62 heavy (non-hydrogen) atoms. The quantitative estimate of drug-likeness (QED) is 0.0470. The summed E-state index contributed by atoms with van der Waals surface area (Å²) in [5, 5.41) is 18.0. The molecule has 0 aliphatic carbocycles. The Morgan fingerprint density at radius 1 is 0.677 bits per heavy atom. The molecule has 0 fully saturated rings. The molecule has 3 aromatic heterocycles. The van der Waals surface area contributed by atoms with Crippen LogP contribution >= 0.6 is 38.2 Å². The summed E-state index contributed by atoms with van der Waals surface area (Å²) in [6.07, 6.45) is 11.6. The molecule has 0 amide bonds. The first-order valence-electron chi connectivity index (χ1n) is 18.3. The number of anilines is 3. The third-order valence-corrected chi connectivity index (χ3v) is 11.9. The van der Waals surface area contributed by atoms with E-state index in [1.807, 2.05) is 60.9 Å². The van der Waals surface area contributed by atoms with Crippen molar-refractivity contribution in [1.82, 2.24) is 24.9 Å². The molecular weight excluding hydrogens is 879 g/mol. The lowest BCUT2D eigenvalue weighted by atomic mass is 9.98. The van der Waals surface area contributed by atoms with Crippen LogP contribution in [0, 0.1) is 7.43 Å². The average Bonchev–Trinajstić information content (AvgIpc) is 3.28. The van der Waals surface area contributed by atoms with Crippen LogP contribution in [0.15, 0.2) is 110 Å². The van der Waals surface area contributed by atoms with E-state index in [0.29, 0.717) is 36.0 Å². The lowest BCUT2D eigenvalue weighted by molar-refractivity contribution is -0.687. The molecule has 0 radical (unpaired) electrons. The summed E-state index contributed by atoms with van der Waals surface area (Å²) >= 11 is 5.02. The predicted molar refractivity (Wildman–Crippen MR) is 245 cm³/mol. The predicted octanol–water partition coefficient (Wildman–Crippen LogP) is 7.01. The van der Waals surface area contributed by atoms with Gasteiger partial charge in [-0.2, -0.15) is 4.57 Å². The van der Waals surface area contributed by atoms with E-state index >= 15 is 0 Å². The lowest BCUT2D eigenvalue weighted by Gasteiger charge is -2.14. The first-order chi connectivity index (χ1) is 28.9. The first-order valence-corrected chi connectivity index (χ1v) is 22.5. The van der Waals surface area contributed by atoms with Crippen molar-refractivity contribution in [3.05, 3.63) is 134 Å². The Hall–Kier alpha value is -4.90. The number of aromatic nitrogens is 6. The molecule has 3 aromatic carbocycles. The molecule has 7 rings (SSSR count). The fourth-order valence-electron chi connectivity index (χ4n) is 5.68. The van der Waals surface area contributed by atoms with Gasteiger partial charge in [0.15, 0.2) is 12.4 Å². The average molecular weight is 933 g/mol. The van der Waals surface area contributed by atoms with Gasteiger partial charge in [0.1, 0.15) is 24.2 Å². The summed E-state index contributed by atoms with van der Waals surface area (Å²) in [4.78, 5) is 20.7. The van der Waals surface area contributed by atoms with Gasteiger partial charge >= 0.3 is 14.5 Å². The van der Waals surface area contributed by atoms with Gasteiger partial charge in [-0.25, -0.2) is 19.5 Å². The van der Waals surface area contributed by atoms with Crippen molar-refractivity contribution in [2.75, 3.05) is 58.1 Å². The Morgan fingerprint density at radius 3 is 1.65 bits per heavy atom. The molecule has 334 valence electrons. The van der Waals surface area contributed by atoms with E-state index in [2.05, 4.69) is 62.8 Å². The second-order valence-electron chi connectivity index (χ2n) is 12.6. The topological polar surface area (TPSA) is 258 Å². The van der Waals surface area contributed by atoms with Crippen molar-refractivity contribution in [1.29, 1.82) is 0 Å². The molecule has 21 heteroatoms. The van der Waals surface area contributed by atoms with E-state index in [-0.39, 0.29) is 33.0 Å². The Balaban J connectivity index is 0.000000297. The molecule has 6 aromatic rings. The van der Waals surface area contributed by atoms with Gasteiger partial charge in [0.25, 0.3) is 0 Å². The van der Waals surface area contributed by atoms with Crippen LogP contribution < -0.4 is 21.8 Å². The Kier molecular flexibility index (Phi) is 22.8. The van der Waals surface area contributed by atoms with Gasteiger partial charge in [-0.15, -0.1) is 12.4 Å². The number of rotatable bonds is 12.